The van der Waals surface area contributed by atoms with E-state index in [1.807, 2.05) is 55.1 Å². The van der Waals surface area contributed by atoms with Crippen molar-refractivity contribution in [1.82, 2.24) is 15.2 Å². The second-order valence-electron chi connectivity index (χ2n) is 7.61. The highest BCUT2D eigenvalue weighted by atomic mass is 19.1. The van der Waals surface area contributed by atoms with Crippen LogP contribution in [0.15, 0.2) is 48.5 Å². The highest BCUT2D eigenvalue weighted by Gasteiger charge is 2.23. The maximum Gasteiger partial charge on any atom is 0.317 e. The molecule has 4 rings (SSSR count). The fourth-order valence-corrected chi connectivity index (χ4v) is 3.96. The van der Waals surface area contributed by atoms with Gasteiger partial charge in [0, 0.05) is 37.9 Å². The summed E-state index contributed by atoms with van der Waals surface area (Å²) < 4.78 is 19.7. The number of carbonyl (C=O) groups is 1. The summed E-state index contributed by atoms with van der Waals surface area (Å²) in [6.07, 6.45) is 1.75. The summed E-state index contributed by atoms with van der Waals surface area (Å²) in [4.78, 5) is 17.8. The Hall–Kier alpha value is -3.15. The highest BCUT2D eigenvalue weighted by Crippen LogP contribution is 2.30. The molecule has 3 aromatic rings. The number of halogens is 1. The van der Waals surface area contributed by atoms with Crippen LogP contribution in [0.4, 0.5) is 9.18 Å². The molecule has 1 aliphatic heterocycles. The fourth-order valence-electron chi connectivity index (χ4n) is 3.96. The Labute approximate surface area is 175 Å². The Morgan fingerprint density at radius 1 is 1.13 bits per heavy atom. The van der Waals surface area contributed by atoms with Crippen LogP contribution in [0.25, 0.3) is 22.0 Å². The van der Waals surface area contributed by atoms with Crippen LogP contribution in [0.3, 0.4) is 0 Å². The lowest BCUT2D eigenvalue weighted by Crippen LogP contribution is -2.46. The number of urea groups is 1. The van der Waals surface area contributed by atoms with Gasteiger partial charge in [-0.2, -0.15) is 4.39 Å². The van der Waals surface area contributed by atoms with Gasteiger partial charge in [0.2, 0.25) is 5.95 Å². The molecule has 0 unspecified atom stereocenters. The number of nitrogens with one attached hydrogen (secondary N) is 1. The Morgan fingerprint density at radius 3 is 2.53 bits per heavy atom. The molecule has 2 heterocycles. The molecule has 0 atom stereocenters. The van der Waals surface area contributed by atoms with Crippen molar-refractivity contribution in [2.24, 2.45) is 0 Å². The minimum absolute atomic E-state index is 0.000397. The number of aromatic nitrogens is 1. The zero-order chi connectivity index (χ0) is 21.1. The maximum atomic E-state index is 13.6. The van der Waals surface area contributed by atoms with E-state index in [9.17, 15) is 9.18 Å². The summed E-state index contributed by atoms with van der Waals surface area (Å²) >= 11 is 0. The van der Waals surface area contributed by atoms with Crippen molar-refractivity contribution in [3.05, 3.63) is 60.0 Å². The lowest BCUT2D eigenvalue weighted by molar-refractivity contribution is 0.111. The second kappa shape index (κ2) is 8.69. The summed E-state index contributed by atoms with van der Waals surface area (Å²) in [5.74, 6) is 0.350. The quantitative estimate of drug-likeness (QED) is 0.625. The average Bonchev–Trinajstić information content (AvgIpc) is 2.76. The third kappa shape index (κ3) is 4.22. The van der Waals surface area contributed by atoms with Gasteiger partial charge < -0.3 is 15.0 Å². The van der Waals surface area contributed by atoms with E-state index in [-0.39, 0.29) is 12.1 Å². The summed E-state index contributed by atoms with van der Waals surface area (Å²) in [7, 11) is 0. The van der Waals surface area contributed by atoms with Gasteiger partial charge in [-0.25, -0.2) is 9.78 Å². The van der Waals surface area contributed by atoms with Gasteiger partial charge in [0.25, 0.3) is 0 Å². The van der Waals surface area contributed by atoms with Gasteiger partial charge in [-0.15, -0.1) is 0 Å². The van der Waals surface area contributed by atoms with Gasteiger partial charge >= 0.3 is 6.03 Å². The first-order valence-electron chi connectivity index (χ1n) is 10.4. The van der Waals surface area contributed by atoms with Crippen LogP contribution in [-0.4, -0.2) is 41.7 Å². The molecular weight excluding hydrogens is 381 g/mol. The van der Waals surface area contributed by atoms with Gasteiger partial charge in [0.05, 0.1) is 5.52 Å². The molecule has 5 nitrogen and oxygen atoms in total. The second-order valence-corrected chi connectivity index (χ2v) is 7.61. The standard InChI is InChI=1S/C24H26FN3O2/c1-3-26-24(29)28-14-12-20(13-15-28)30-19-8-4-17(5-9-19)21-10-6-18-7-11-22(25)27-23(18)16(21)2/h4-11,20H,3,12-15H2,1-2H3,(H,26,29). The lowest BCUT2D eigenvalue weighted by Gasteiger charge is -2.32. The number of pyridine rings is 1. The van der Waals surface area contributed by atoms with Gasteiger partial charge in [-0.1, -0.05) is 24.3 Å². The monoisotopic (exact) mass is 407 g/mol. The van der Waals surface area contributed by atoms with Crippen molar-refractivity contribution in [3.8, 4) is 16.9 Å². The van der Waals surface area contributed by atoms with E-state index in [4.69, 9.17) is 4.74 Å². The zero-order valence-corrected chi connectivity index (χ0v) is 17.3. The van der Waals surface area contributed by atoms with Crippen LogP contribution in [0, 0.1) is 12.9 Å². The molecule has 1 fully saturated rings. The van der Waals surface area contributed by atoms with Crippen molar-refractivity contribution < 1.29 is 13.9 Å². The van der Waals surface area contributed by atoms with Crippen molar-refractivity contribution >= 4 is 16.9 Å². The molecule has 1 N–H and O–H groups in total. The minimum atomic E-state index is -0.468. The molecule has 156 valence electrons. The topological polar surface area (TPSA) is 54.5 Å². The number of ether oxygens (including phenoxy) is 1. The van der Waals surface area contributed by atoms with Crippen molar-refractivity contribution in [2.45, 2.75) is 32.8 Å². The number of nitrogens with zero attached hydrogens (tertiary/aromatic N) is 2. The number of likely N-dealkylation sites (tertiary alicyclic amines) is 1. The first-order valence-corrected chi connectivity index (χ1v) is 10.4. The molecule has 6 heteroatoms. The smallest absolute Gasteiger partial charge is 0.317 e. The van der Waals surface area contributed by atoms with Crippen molar-refractivity contribution in [2.75, 3.05) is 19.6 Å². The van der Waals surface area contributed by atoms with Crippen LogP contribution >= 0.6 is 0 Å². The first-order chi connectivity index (χ1) is 14.5. The first kappa shape index (κ1) is 20.1. The Bertz CT molecular complexity index is 1040. The largest absolute Gasteiger partial charge is 0.490 e. The van der Waals surface area contributed by atoms with Crippen LogP contribution in [-0.2, 0) is 0 Å². The SMILES string of the molecule is CCNC(=O)N1CCC(Oc2ccc(-c3ccc4ccc(F)nc4c3C)cc2)CC1. The molecule has 0 spiro atoms. The average molecular weight is 407 g/mol. The Kier molecular flexibility index (Phi) is 5.84. The molecule has 0 aliphatic carbocycles. The summed E-state index contributed by atoms with van der Waals surface area (Å²) in [5, 5.41) is 3.77. The molecule has 30 heavy (non-hydrogen) atoms. The molecule has 1 aromatic heterocycles. The van der Waals surface area contributed by atoms with Gasteiger partial charge in [0.1, 0.15) is 11.9 Å². The molecule has 0 bridgehead atoms. The number of fused-ring (bicyclic) bond motifs is 1. The zero-order valence-electron chi connectivity index (χ0n) is 17.3. The number of rotatable bonds is 4. The molecule has 0 radical (unpaired) electrons. The van der Waals surface area contributed by atoms with Crippen LogP contribution in [0.2, 0.25) is 0 Å². The van der Waals surface area contributed by atoms with E-state index in [1.165, 1.54) is 6.07 Å². The van der Waals surface area contributed by atoms with Crippen LogP contribution in [0.1, 0.15) is 25.3 Å². The predicted molar refractivity (Wildman–Crippen MR) is 116 cm³/mol. The van der Waals surface area contributed by atoms with E-state index < -0.39 is 5.95 Å². The maximum absolute atomic E-state index is 13.6. The molecule has 1 saturated heterocycles. The molecule has 1 aliphatic rings. The van der Waals surface area contributed by atoms with Crippen molar-refractivity contribution in [3.63, 3.8) is 0 Å². The number of benzene rings is 2. The van der Waals surface area contributed by atoms with E-state index in [0.29, 0.717) is 25.2 Å². The fraction of sp³-hybridized carbons (Fsp3) is 0.333. The van der Waals surface area contributed by atoms with E-state index in [2.05, 4.69) is 10.3 Å². The molecule has 0 saturated carbocycles. The van der Waals surface area contributed by atoms with E-state index in [1.54, 1.807) is 6.07 Å². The Morgan fingerprint density at radius 2 is 1.83 bits per heavy atom. The number of piperidine rings is 1. The third-order valence-corrected chi connectivity index (χ3v) is 5.61. The predicted octanol–water partition coefficient (Wildman–Crippen LogP) is 4.92. The summed E-state index contributed by atoms with van der Waals surface area (Å²) in [5.41, 5.74) is 3.71. The normalized spacial score (nSPS) is 14.7. The third-order valence-electron chi connectivity index (χ3n) is 5.61. The van der Waals surface area contributed by atoms with Crippen molar-refractivity contribution in [1.29, 1.82) is 0 Å². The Balaban J connectivity index is 1.43. The number of hydrogen-bond donors (Lipinski definition) is 1. The van der Waals surface area contributed by atoms with E-state index >= 15 is 0 Å². The summed E-state index contributed by atoms with van der Waals surface area (Å²) in [6.45, 7) is 5.94. The number of aryl methyl sites for hydroxylation is 1. The minimum Gasteiger partial charge on any atom is -0.490 e. The van der Waals surface area contributed by atoms with Gasteiger partial charge in [-0.3, -0.25) is 0 Å². The molecule has 2 amide bonds. The van der Waals surface area contributed by atoms with Crippen LogP contribution in [0.5, 0.6) is 5.75 Å². The van der Waals surface area contributed by atoms with Crippen LogP contribution < -0.4 is 10.1 Å². The van der Waals surface area contributed by atoms with E-state index in [0.717, 1.165) is 40.7 Å². The van der Waals surface area contributed by atoms with Gasteiger partial charge in [0.15, 0.2) is 0 Å². The number of amides is 2. The number of carbonyl (C=O) groups excluding carboxylic acids is 1. The molecule has 2 aromatic carbocycles. The highest BCUT2D eigenvalue weighted by molar-refractivity contribution is 5.88. The van der Waals surface area contributed by atoms with Gasteiger partial charge in [-0.05, 0) is 54.8 Å². The number of hydrogen-bond acceptors (Lipinski definition) is 3. The summed E-state index contributed by atoms with van der Waals surface area (Å²) in [6, 6.07) is 15.1. The lowest BCUT2D eigenvalue weighted by atomic mass is 9.98. The molecular formula is C24H26FN3O2.